The van der Waals surface area contributed by atoms with Crippen molar-refractivity contribution >= 4 is 34.6 Å². The molecule has 178 valence electrons. The van der Waals surface area contributed by atoms with Gasteiger partial charge in [0, 0.05) is 47.8 Å². The lowest BCUT2D eigenvalue weighted by molar-refractivity contribution is -0.0244. The number of nitrogens with zero attached hydrogens (tertiary/aromatic N) is 3. The van der Waals surface area contributed by atoms with Crippen LogP contribution in [0, 0.1) is 15.3 Å². The first-order chi connectivity index (χ1) is 15.8. The third-order valence-corrected chi connectivity index (χ3v) is 7.14. The Hall–Kier alpha value is -2.21. The lowest BCUT2D eigenvalue weighted by atomic mass is 9.99. The predicted octanol–water partition coefficient (Wildman–Crippen LogP) is 3.25. The number of hydrogen-bond donors (Lipinski definition) is 1. The minimum absolute atomic E-state index is 0.248. The fraction of sp³-hybridized carbons (Fsp3) is 0.522. The Labute approximate surface area is 206 Å². The van der Waals surface area contributed by atoms with E-state index in [0.717, 1.165) is 30.9 Å². The Balaban J connectivity index is 1.74. The molecule has 8 nitrogen and oxygen atoms in total. The Morgan fingerprint density at radius 2 is 2.15 bits per heavy atom. The molecular weight excluding hydrogens is 542 g/mol. The lowest BCUT2D eigenvalue weighted by Crippen LogP contribution is -2.46. The van der Waals surface area contributed by atoms with E-state index in [1.54, 1.807) is 11.0 Å². The van der Waals surface area contributed by atoms with Gasteiger partial charge in [-0.15, -0.1) is 0 Å². The number of aromatic nitrogens is 2. The van der Waals surface area contributed by atoms with E-state index in [-0.39, 0.29) is 23.7 Å². The van der Waals surface area contributed by atoms with Gasteiger partial charge in [0.1, 0.15) is 11.6 Å². The summed E-state index contributed by atoms with van der Waals surface area (Å²) >= 11 is 2.06. The summed E-state index contributed by atoms with van der Waals surface area (Å²) < 4.78 is 29.0. The van der Waals surface area contributed by atoms with Crippen LogP contribution in [0.15, 0.2) is 12.1 Å². The molecule has 2 aliphatic heterocycles. The van der Waals surface area contributed by atoms with Gasteiger partial charge in [0.05, 0.1) is 37.6 Å². The minimum Gasteiger partial charge on any atom is -0.453 e. The number of hydrogen-bond acceptors (Lipinski definition) is 5. The summed E-state index contributed by atoms with van der Waals surface area (Å²) in [6.07, 6.45) is 1.71. The van der Waals surface area contributed by atoms with Gasteiger partial charge in [0.15, 0.2) is 0 Å². The van der Waals surface area contributed by atoms with Gasteiger partial charge in [-0.2, -0.15) is 0 Å². The van der Waals surface area contributed by atoms with Crippen molar-refractivity contribution in [3.05, 3.63) is 38.6 Å². The van der Waals surface area contributed by atoms with E-state index in [0.29, 0.717) is 46.9 Å². The van der Waals surface area contributed by atoms with E-state index in [4.69, 9.17) is 14.5 Å². The van der Waals surface area contributed by atoms with Crippen LogP contribution >= 0.6 is 22.6 Å². The second-order valence-corrected chi connectivity index (χ2v) is 9.74. The van der Waals surface area contributed by atoms with Crippen LogP contribution in [-0.4, -0.2) is 66.4 Å². The van der Waals surface area contributed by atoms with Crippen LogP contribution in [-0.2, 0) is 28.9 Å². The summed E-state index contributed by atoms with van der Waals surface area (Å²) in [5.74, 6) is 0.618. The van der Waals surface area contributed by atoms with Crippen molar-refractivity contribution in [1.82, 2.24) is 19.8 Å². The number of methoxy groups -OCH3 is 1. The number of rotatable bonds is 4. The van der Waals surface area contributed by atoms with Gasteiger partial charge in [0.2, 0.25) is 0 Å². The number of imidazole rings is 1. The van der Waals surface area contributed by atoms with Gasteiger partial charge < -0.3 is 24.3 Å². The first-order valence-corrected chi connectivity index (χ1v) is 12.1. The number of halogens is 2. The van der Waals surface area contributed by atoms with Crippen molar-refractivity contribution in [2.75, 3.05) is 33.9 Å². The van der Waals surface area contributed by atoms with Crippen molar-refractivity contribution in [3.8, 4) is 11.3 Å². The number of benzene rings is 1. The van der Waals surface area contributed by atoms with Gasteiger partial charge >= 0.3 is 6.09 Å². The Bertz CT molecular complexity index is 1050. The van der Waals surface area contributed by atoms with E-state index < -0.39 is 5.82 Å². The van der Waals surface area contributed by atoms with E-state index in [1.165, 1.54) is 20.2 Å². The molecule has 0 bridgehead atoms. The molecule has 1 aromatic carbocycles. The van der Waals surface area contributed by atoms with Crippen molar-refractivity contribution in [3.63, 3.8) is 0 Å². The van der Waals surface area contributed by atoms with E-state index >= 15 is 4.39 Å². The number of fused-ring (bicyclic) bond motifs is 1. The summed E-state index contributed by atoms with van der Waals surface area (Å²) in [7, 11) is 2.89. The Morgan fingerprint density at radius 3 is 2.85 bits per heavy atom. The smallest absolute Gasteiger partial charge is 0.409 e. The van der Waals surface area contributed by atoms with Crippen molar-refractivity contribution in [1.29, 1.82) is 0 Å². The van der Waals surface area contributed by atoms with Gasteiger partial charge in [-0.1, -0.05) is 6.92 Å². The highest BCUT2D eigenvalue weighted by atomic mass is 127. The van der Waals surface area contributed by atoms with Gasteiger partial charge in [-0.05, 0) is 47.1 Å². The molecule has 10 heteroatoms. The number of ether oxygens (including phenoxy) is 2. The number of carbonyl (C=O) groups excluding carboxylic acids is 2. The topological polar surface area (TPSA) is 85.7 Å². The molecule has 0 radical (unpaired) electrons. The van der Waals surface area contributed by atoms with E-state index in [1.807, 2.05) is 0 Å². The fourth-order valence-electron chi connectivity index (χ4n) is 4.56. The van der Waals surface area contributed by atoms with Crippen molar-refractivity contribution < 1.29 is 23.5 Å². The molecule has 1 unspecified atom stereocenters. The molecule has 33 heavy (non-hydrogen) atoms. The van der Waals surface area contributed by atoms with E-state index in [2.05, 4.69) is 39.4 Å². The highest BCUT2D eigenvalue weighted by molar-refractivity contribution is 14.1. The van der Waals surface area contributed by atoms with Crippen LogP contribution < -0.4 is 5.32 Å². The Morgan fingerprint density at radius 1 is 1.36 bits per heavy atom. The normalized spacial score (nSPS) is 20.3. The van der Waals surface area contributed by atoms with Crippen LogP contribution in [0.4, 0.5) is 9.18 Å². The zero-order chi connectivity index (χ0) is 23.7. The fourth-order valence-corrected chi connectivity index (χ4v) is 5.40. The molecule has 1 aromatic heterocycles. The first-order valence-electron chi connectivity index (χ1n) is 11.1. The highest BCUT2D eigenvalue weighted by Gasteiger charge is 2.31. The predicted molar refractivity (Wildman–Crippen MR) is 129 cm³/mol. The van der Waals surface area contributed by atoms with Gasteiger partial charge in [-0.3, -0.25) is 4.79 Å². The molecule has 2 atom stereocenters. The van der Waals surface area contributed by atoms with Gasteiger partial charge in [-0.25, -0.2) is 14.2 Å². The lowest BCUT2D eigenvalue weighted by Gasteiger charge is -2.32. The van der Waals surface area contributed by atoms with Gasteiger partial charge in [0.25, 0.3) is 5.91 Å². The average Bonchev–Trinajstić information content (AvgIpc) is 3.14. The summed E-state index contributed by atoms with van der Waals surface area (Å²) in [5, 5.41) is 2.54. The number of carbonyl (C=O) groups is 2. The zero-order valence-corrected chi connectivity index (χ0v) is 21.1. The maximum absolute atomic E-state index is 15.4. The maximum atomic E-state index is 15.4. The third-order valence-electron chi connectivity index (χ3n) is 6.29. The molecule has 0 spiro atoms. The summed E-state index contributed by atoms with van der Waals surface area (Å²) in [6, 6.07) is 2.94. The van der Waals surface area contributed by atoms with Crippen LogP contribution in [0.3, 0.4) is 0 Å². The average molecular weight is 570 g/mol. The third kappa shape index (κ3) is 4.86. The molecular formula is C23H28FIN4O4. The summed E-state index contributed by atoms with van der Waals surface area (Å²) in [5.41, 5.74) is 2.15. The van der Waals surface area contributed by atoms with Crippen molar-refractivity contribution in [2.24, 2.45) is 5.92 Å². The van der Waals surface area contributed by atoms with Crippen molar-refractivity contribution in [2.45, 2.75) is 38.8 Å². The first kappa shape index (κ1) is 23.9. The molecule has 0 saturated carbocycles. The molecule has 1 saturated heterocycles. The zero-order valence-electron chi connectivity index (χ0n) is 19.0. The number of nitrogens with one attached hydrogen (secondary N) is 1. The monoisotopic (exact) mass is 570 g/mol. The molecule has 2 aromatic rings. The number of amides is 2. The molecule has 0 aliphatic carbocycles. The van der Waals surface area contributed by atoms with Crippen LogP contribution in [0.2, 0.25) is 0 Å². The molecule has 4 rings (SSSR count). The molecule has 3 heterocycles. The minimum atomic E-state index is -0.481. The van der Waals surface area contributed by atoms with E-state index in [9.17, 15) is 9.59 Å². The SMILES string of the molecule is CNC(=O)c1cc(F)c(-c2nc3n(c2C[C@H]2CN(C(=O)OC)CCO2)CCC(C)C3)c(I)c1. The van der Waals surface area contributed by atoms with Crippen LogP contribution in [0.1, 0.15) is 35.2 Å². The quantitative estimate of drug-likeness (QED) is 0.571. The molecule has 1 fully saturated rings. The summed E-state index contributed by atoms with van der Waals surface area (Å²) in [4.78, 5) is 30.6. The standard InChI is InChI=1S/C23H28FIN4O4/c1-13-4-5-29-18(11-15-12-28(6-7-33-15)23(31)32-3)21(27-19(29)8-13)20-16(24)9-14(10-17(20)25)22(30)26-2/h9-10,13,15H,4-8,11-12H2,1-3H3,(H,26,30)/t13?,15-/m0/s1. The second-order valence-electron chi connectivity index (χ2n) is 8.58. The number of morpholine rings is 1. The second kappa shape index (κ2) is 9.96. The van der Waals surface area contributed by atoms with Crippen LogP contribution in [0.25, 0.3) is 11.3 Å². The molecule has 1 N–H and O–H groups in total. The Kier molecular flexibility index (Phi) is 7.22. The highest BCUT2D eigenvalue weighted by Crippen LogP contribution is 2.35. The summed E-state index contributed by atoms with van der Waals surface area (Å²) in [6.45, 7) is 4.29. The molecule has 2 aliphatic rings. The maximum Gasteiger partial charge on any atom is 0.409 e. The largest absolute Gasteiger partial charge is 0.453 e. The molecule has 2 amide bonds. The van der Waals surface area contributed by atoms with Crippen LogP contribution in [0.5, 0.6) is 0 Å².